The maximum absolute atomic E-state index is 5.14. The molecule has 0 aromatic heterocycles. The highest BCUT2D eigenvalue weighted by Gasteiger charge is 2.02. The largest absolute Gasteiger partial charge is 0.497 e. The van der Waals surface area contributed by atoms with Crippen LogP contribution in [0, 0.1) is 0 Å². The predicted molar refractivity (Wildman–Crippen MR) is 68.8 cm³/mol. The molecule has 0 spiro atoms. The molecule has 0 saturated carbocycles. The van der Waals surface area contributed by atoms with Crippen LogP contribution in [-0.4, -0.2) is 25.1 Å². The Balaban J connectivity index is 2.58. The van der Waals surface area contributed by atoms with E-state index in [1.54, 1.807) is 7.11 Å². The number of ether oxygens (including phenoxy) is 1. The lowest BCUT2D eigenvalue weighted by atomic mass is 10.2. The fourth-order valence-electron chi connectivity index (χ4n) is 1.72. The highest BCUT2D eigenvalue weighted by atomic mass is 16.5. The molecule has 0 unspecified atom stereocenters. The van der Waals surface area contributed by atoms with Gasteiger partial charge >= 0.3 is 0 Å². The Morgan fingerprint density at radius 2 is 2.00 bits per heavy atom. The van der Waals surface area contributed by atoms with Crippen LogP contribution in [0.3, 0.4) is 0 Å². The molecule has 1 rings (SSSR count). The van der Waals surface area contributed by atoms with Crippen LogP contribution in [0.1, 0.15) is 18.9 Å². The van der Waals surface area contributed by atoms with E-state index in [1.165, 1.54) is 12.0 Å². The summed E-state index contributed by atoms with van der Waals surface area (Å²) in [4.78, 5) is 2.38. The molecule has 1 aromatic rings. The van der Waals surface area contributed by atoms with Gasteiger partial charge in [-0.1, -0.05) is 25.1 Å². The van der Waals surface area contributed by atoms with E-state index in [0.29, 0.717) is 0 Å². The summed E-state index contributed by atoms with van der Waals surface area (Å²) in [6.07, 6.45) is 3.13. The summed E-state index contributed by atoms with van der Waals surface area (Å²) in [6, 6.07) is 8.25. The van der Waals surface area contributed by atoms with Gasteiger partial charge in [0.05, 0.1) is 7.11 Å². The van der Waals surface area contributed by atoms with Crippen molar-refractivity contribution in [1.82, 2.24) is 4.90 Å². The lowest BCUT2D eigenvalue weighted by molar-refractivity contribution is 0.295. The van der Waals surface area contributed by atoms with E-state index in [0.717, 1.165) is 25.4 Å². The molecule has 0 N–H and O–H groups in total. The lowest BCUT2D eigenvalue weighted by Crippen LogP contribution is -2.23. The molecule has 0 fully saturated rings. The molecule has 16 heavy (non-hydrogen) atoms. The van der Waals surface area contributed by atoms with E-state index >= 15 is 0 Å². The lowest BCUT2D eigenvalue weighted by Gasteiger charge is -2.19. The molecular weight excluding hydrogens is 198 g/mol. The third-order valence-electron chi connectivity index (χ3n) is 2.49. The van der Waals surface area contributed by atoms with E-state index < -0.39 is 0 Å². The van der Waals surface area contributed by atoms with Crippen molar-refractivity contribution in [2.24, 2.45) is 0 Å². The first kappa shape index (κ1) is 12.8. The molecule has 0 amide bonds. The molecule has 2 heteroatoms. The van der Waals surface area contributed by atoms with Gasteiger partial charge in [0, 0.05) is 13.1 Å². The highest BCUT2D eigenvalue weighted by Crippen LogP contribution is 2.13. The minimum atomic E-state index is 0.912. The van der Waals surface area contributed by atoms with Gasteiger partial charge in [0.25, 0.3) is 0 Å². The van der Waals surface area contributed by atoms with Crippen molar-refractivity contribution in [3.05, 3.63) is 42.5 Å². The van der Waals surface area contributed by atoms with Gasteiger partial charge in [-0.05, 0) is 30.7 Å². The SMILES string of the molecule is C=CCN(CCC)Cc1ccc(OC)cc1. The Kier molecular flexibility index (Phi) is 5.65. The van der Waals surface area contributed by atoms with E-state index in [9.17, 15) is 0 Å². The first-order valence-corrected chi connectivity index (χ1v) is 5.76. The number of methoxy groups -OCH3 is 1. The summed E-state index contributed by atoms with van der Waals surface area (Å²) in [5.41, 5.74) is 1.32. The van der Waals surface area contributed by atoms with Gasteiger partial charge in [-0.25, -0.2) is 0 Å². The molecule has 0 aliphatic carbocycles. The van der Waals surface area contributed by atoms with Gasteiger partial charge in [-0.15, -0.1) is 6.58 Å². The molecule has 0 saturated heterocycles. The third kappa shape index (κ3) is 4.07. The van der Waals surface area contributed by atoms with Gasteiger partial charge in [-0.2, -0.15) is 0 Å². The summed E-state index contributed by atoms with van der Waals surface area (Å²) in [5.74, 6) is 0.912. The summed E-state index contributed by atoms with van der Waals surface area (Å²) in [7, 11) is 1.69. The molecule has 1 aromatic carbocycles. The van der Waals surface area contributed by atoms with E-state index in [4.69, 9.17) is 4.74 Å². The van der Waals surface area contributed by atoms with E-state index in [2.05, 4.69) is 30.5 Å². The van der Waals surface area contributed by atoms with Crippen LogP contribution in [0.25, 0.3) is 0 Å². The number of nitrogens with zero attached hydrogens (tertiary/aromatic N) is 1. The number of rotatable bonds is 7. The second-order valence-corrected chi connectivity index (χ2v) is 3.87. The van der Waals surface area contributed by atoms with Gasteiger partial charge in [0.15, 0.2) is 0 Å². The van der Waals surface area contributed by atoms with Crippen LogP contribution in [-0.2, 0) is 6.54 Å². The topological polar surface area (TPSA) is 12.5 Å². The smallest absolute Gasteiger partial charge is 0.118 e. The maximum Gasteiger partial charge on any atom is 0.118 e. The normalized spacial score (nSPS) is 10.4. The maximum atomic E-state index is 5.14. The van der Waals surface area contributed by atoms with Crippen molar-refractivity contribution in [1.29, 1.82) is 0 Å². The third-order valence-corrected chi connectivity index (χ3v) is 2.49. The zero-order valence-electron chi connectivity index (χ0n) is 10.3. The van der Waals surface area contributed by atoms with Crippen LogP contribution < -0.4 is 4.74 Å². The average molecular weight is 219 g/mol. The van der Waals surface area contributed by atoms with Crippen molar-refractivity contribution < 1.29 is 4.74 Å². The number of benzene rings is 1. The zero-order valence-corrected chi connectivity index (χ0v) is 10.3. The molecule has 0 heterocycles. The first-order chi connectivity index (χ1) is 7.80. The van der Waals surface area contributed by atoms with Gasteiger partial charge in [0.2, 0.25) is 0 Å². The molecular formula is C14H21NO. The van der Waals surface area contributed by atoms with Gasteiger partial charge in [-0.3, -0.25) is 4.90 Å². The second-order valence-electron chi connectivity index (χ2n) is 3.87. The van der Waals surface area contributed by atoms with E-state index in [1.807, 2.05) is 18.2 Å². The van der Waals surface area contributed by atoms with E-state index in [-0.39, 0.29) is 0 Å². The number of hydrogen-bond acceptors (Lipinski definition) is 2. The minimum Gasteiger partial charge on any atom is -0.497 e. The van der Waals surface area contributed by atoms with Gasteiger partial charge < -0.3 is 4.74 Å². The summed E-state index contributed by atoms with van der Waals surface area (Å²) >= 11 is 0. The van der Waals surface area contributed by atoms with Crippen molar-refractivity contribution in [2.45, 2.75) is 19.9 Å². The monoisotopic (exact) mass is 219 g/mol. The minimum absolute atomic E-state index is 0.912. The summed E-state index contributed by atoms with van der Waals surface area (Å²) < 4.78 is 5.14. The Morgan fingerprint density at radius 1 is 1.31 bits per heavy atom. The second kappa shape index (κ2) is 7.07. The van der Waals surface area contributed by atoms with Crippen molar-refractivity contribution in [2.75, 3.05) is 20.2 Å². The Bertz CT molecular complexity index is 305. The van der Waals surface area contributed by atoms with Crippen LogP contribution >= 0.6 is 0 Å². The average Bonchev–Trinajstić information content (AvgIpc) is 2.31. The van der Waals surface area contributed by atoms with Crippen LogP contribution in [0.15, 0.2) is 36.9 Å². The molecule has 2 nitrogen and oxygen atoms in total. The predicted octanol–water partition coefficient (Wildman–Crippen LogP) is 3.09. The Hall–Kier alpha value is -1.28. The summed E-state index contributed by atoms with van der Waals surface area (Å²) in [6.45, 7) is 9.02. The van der Waals surface area contributed by atoms with Crippen molar-refractivity contribution in [3.63, 3.8) is 0 Å². The molecule has 0 bridgehead atoms. The highest BCUT2D eigenvalue weighted by molar-refractivity contribution is 5.27. The molecule has 88 valence electrons. The zero-order chi connectivity index (χ0) is 11.8. The quantitative estimate of drug-likeness (QED) is 0.653. The van der Waals surface area contributed by atoms with Crippen LogP contribution in [0.4, 0.5) is 0 Å². The number of hydrogen-bond donors (Lipinski definition) is 0. The first-order valence-electron chi connectivity index (χ1n) is 5.76. The standard InChI is InChI=1S/C14H21NO/c1-4-10-15(11-5-2)12-13-6-8-14(16-3)9-7-13/h4,6-9H,1,5,10-12H2,2-3H3. The van der Waals surface area contributed by atoms with Gasteiger partial charge in [0.1, 0.15) is 5.75 Å². The van der Waals surface area contributed by atoms with Crippen LogP contribution in [0.2, 0.25) is 0 Å². The fourth-order valence-corrected chi connectivity index (χ4v) is 1.72. The van der Waals surface area contributed by atoms with Crippen molar-refractivity contribution in [3.8, 4) is 5.75 Å². The molecule has 0 radical (unpaired) electrons. The Labute approximate surface area is 98.5 Å². The molecule has 0 aliphatic heterocycles. The summed E-state index contributed by atoms with van der Waals surface area (Å²) in [5, 5.41) is 0. The van der Waals surface area contributed by atoms with Crippen LogP contribution in [0.5, 0.6) is 5.75 Å². The fraction of sp³-hybridized carbons (Fsp3) is 0.429. The Morgan fingerprint density at radius 3 is 2.50 bits per heavy atom. The van der Waals surface area contributed by atoms with Crippen molar-refractivity contribution >= 4 is 0 Å². The molecule has 0 aliphatic rings. The molecule has 0 atom stereocenters.